The van der Waals surface area contributed by atoms with E-state index in [1.54, 1.807) is 37.9 Å². The molecule has 1 aromatic carbocycles. The zero-order chi connectivity index (χ0) is 19.7. The number of furan rings is 1. The van der Waals surface area contributed by atoms with Crippen molar-refractivity contribution in [2.45, 2.75) is 30.8 Å². The Hall–Kier alpha value is -2.87. The Bertz CT molecular complexity index is 1030. The van der Waals surface area contributed by atoms with Gasteiger partial charge in [0.25, 0.3) is 5.91 Å². The maximum atomic E-state index is 12.3. The fourth-order valence-electron chi connectivity index (χ4n) is 3.09. The molecule has 0 radical (unpaired) electrons. The fraction of sp³-hybridized carbons (Fsp3) is 0.300. The summed E-state index contributed by atoms with van der Waals surface area (Å²) in [5, 5.41) is 4.53. The molecule has 0 unspecified atom stereocenters. The van der Waals surface area contributed by atoms with E-state index in [-0.39, 0.29) is 11.9 Å². The molecular formula is C20H20N4O3S. The summed E-state index contributed by atoms with van der Waals surface area (Å²) in [6, 6.07) is 11.1. The largest absolute Gasteiger partial charge is 0.461 e. The van der Waals surface area contributed by atoms with Crippen molar-refractivity contribution in [3.8, 4) is 11.6 Å². The van der Waals surface area contributed by atoms with Crippen LogP contribution >= 0.6 is 11.8 Å². The molecule has 28 heavy (non-hydrogen) atoms. The zero-order valence-corrected chi connectivity index (χ0v) is 16.5. The van der Waals surface area contributed by atoms with Gasteiger partial charge in [-0.15, -0.1) is 11.8 Å². The number of hydrogen-bond donors (Lipinski definition) is 1. The summed E-state index contributed by atoms with van der Waals surface area (Å²) in [5.74, 6) is 1.70. The maximum Gasteiger partial charge on any atom is 0.325 e. The smallest absolute Gasteiger partial charge is 0.325 e. The number of fused-ring (bicyclic) bond motifs is 1. The minimum Gasteiger partial charge on any atom is -0.461 e. The predicted molar refractivity (Wildman–Crippen MR) is 107 cm³/mol. The monoisotopic (exact) mass is 396 g/mol. The number of nitrogens with one attached hydrogen (secondary N) is 1. The number of urea groups is 1. The van der Waals surface area contributed by atoms with Gasteiger partial charge in [0.15, 0.2) is 11.6 Å². The quantitative estimate of drug-likeness (QED) is 0.296. The number of aromatic nitrogens is 2. The highest BCUT2D eigenvalue weighted by molar-refractivity contribution is 7.99. The summed E-state index contributed by atoms with van der Waals surface area (Å²) in [4.78, 5) is 34.8. The molecule has 0 bridgehead atoms. The van der Waals surface area contributed by atoms with Crippen molar-refractivity contribution in [3.05, 3.63) is 42.7 Å². The molecule has 0 aliphatic carbocycles. The van der Waals surface area contributed by atoms with Gasteiger partial charge in [-0.3, -0.25) is 9.69 Å². The molecule has 8 heteroatoms. The third kappa shape index (κ3) is 3.47. The Balaban J connectivity index is 1.48. The molecule has 1 fully saturated rings. The second-order valence-electron chi connectivity index (χ2n) is 7.06. The van der Waals surface area contributed by atoms with Gasteiger partial charge in [0.2, 0.25) is 0 Å². The average molecular weight is 396 g/mol. The van der Waals surface area contributed by atoms with Gasteiger partial charge in [-0.05, 0) is 38.5 Å². The van der Waals surface area contributed by atoms with Crippen LogP contribution in [0, 0.1) is 0 Å². The third-order valence-corrected chi connectivity index (χ3v) is 5.60. The van der Waals surface area contributed by atoms with E-state index in [1.807, 2.05) is 30.3 Å². The molecule has 7 nitrogen and oxygen atoms in total. The Morgan fingerprint density at radius 2 is 1.96 bits per heavy atom. The number of thioether (sulfide) groups is 1. The van der Waals surface area contributed by atoms with Gasteiger partial charge < -0.3 is 9.73 Å². The second kappa shape index (κ2) is 7.27. The van der Waals surface area contributed by atoms with E-state index >= 15 is 0 Å². The molecule has 144 valence electrons. The fourth-order valence-corrected chi connectivity index (χ4v) is 4.03. The van der Waals surface area contributed by atoms with Crippen molar-refractivity contribution in [1.82, 2.24) is 20.2 Å². The molecule has 0 saturated carbocycles. The molecule has 2 aromatic heterocycles. The van der Waals surface area contributed by atoms with Crippen LogP contribution in [0.25, 0.3) is 22.5 Å². The molecule has 1 saturated heterocycles. The van der Waals surface area contributed by atoms with Crippen LogP contribution in [0.4, 0.5) is 4.79 Å². The van der Waals surface area contributed by atoms with Crippen LogP contribution in [0.15, 0.2) is 52.1 Å². The summed E-state index contributed by atoms with van der Waals surface area (Å²) in [6.07, 6.45) is 2.27. The normalized spacial score (nSPS) is 16.0. The predicted octanol–water partition coefficient (Wildman–Crippen LogP) is 3.70. The van der Waals surface area contributed by atoms with E-state index < -0.39 is 5.54 Å². The number of carbonyl (C=O) groups excluding carboxylic acids is 2. The van der Waals surface area contributed by atoms with E-state index in [2.05, 4.69) is 15.3 Å². The Labute approximate surface area is 166 Å². The van der Waals surface area contributed by atoms with Crippen LogP contribution in [0.3, 0.4) is 0 Å². The highest BCUT2D eigenvalue weighted by atomic mass is 32.2. The number of imide groups is 1. The third-order valence-electron chi connectivity index (χ3n) is 4.52. The van der Waals surface area contributed by atoms with Crippen LogP contribution in [-0.2, 0) is 4.79 Å². The number of benzene rings is 1. The van der Waals surface area contributed by atoms with Gasteiger partial charge >= 0.3 is 6.03 Å². The first-order valence-electron chi connectivity index (χ1n) is 9.03. The van der Waals surface area contributed by atoms with Crippen LogP contribution in [-0.4, -0.2) is 44.6 Å². The summed E-state index contributed by atoms with van der Waals surface area (Å²) in [5.41, 5.74) is 0.0210. The number of hydrogen-bond acceptors (Lipinski definition) is 6. The Morgan fingerprint density at radius 3 is 2.68 bits per heavy atom. The molecule has 0 atom stereocenters. The molecule has 1 aliphatic rings. The summed E-state index contributed by atoms with van der Waals surface area (Å²) in [7, 11) is 0. The summed E-state index contributed by atoms with van der Waals surface area (Å²) >= 11 is 1.58. The SMILES string of the molecule is CC1(C)NC(=O)N(CCCSc2nc(-c3ccco3)nc3ccccc23)C1=O. The van der Waals surface area contributed by atoms with Crippen LogP contribution in [0.5, 0.6) is 0 Å². The lowest BCUT2D eigenvalue weighted by molar-refractivity contribution is -0.130. The highest BCUT2D eigenvalue weighted by Gasteiger charge is 2.43. The summed E-state index contributed by atoms with van der Waals surface area (Å²) < 4.78 is 5.44. The standard InChI is InChI=1S/C20H20N4O3S/c1-20(2)18(25)24(19(26)23-20)10-6-12-28-17-13-7-3-4-8-14(13)21-16(22-17)15-9-5-11-27-15/h3-5,7-9,11H,6,10,12H2,1-2H3,(H,23,26). The summed E-state index contributed by atoms with van der Waals surface area (Å²) in [6.45, 7) is 3.81. The van der Waals surface area contributed by atoms with E-state index in [0.717, 1.165) is 21.7 Å². The average Bonchev–Trinajstić information content (AvgIpc) is 3.27. The molecular weight excluding hydrogens is 376 g/mol. The first-order chi connectivity index (χ1) is 13.5. The molecule has 4 rings (SSSR count). The number of nitrogens with zero attached hydrogens (tertiary/aromatic N) is 3. The molecule has 3 heterocycles. The van der Waals surface area contributed by atoms with E-state index in [0.29, 0.717) is 24.6 Å². The van der Waals surface area contributed by atoms with E-state index in [1.165, 1.54) is 4.90 Å². The Morgan fingerprint density at radius 1 is 1.14 bits per heavy atom. The molecule has 3 aromatic rings. The van der Waals surface area contributed by atoms with Crippen molar-refractivity contribution in [3.63, 3.8) is 0 Å². The van der Waals surface area contributed by atoms with Crippen molar-refractivity contribution < 1.29 is 14.0 Å². The lowest BCUT2D eigenvalue weighted by atomic mass is 10.1. The van der Waals surface area contributed by atoms with Crippen LogP contribution < -0.4 is 5.32 Å². The maximum absolute atomic E-state index is 12.3. The first-order valence-corrected chi connectivity index (χ1v) is 10.0. The van der Waals surface area contributed by atoms with Gasteiger partial charge in [0.05, 0.1) is 11.8 Å². The lowest BCUT2D eigenvalue weighted by Gasteiger charge is -2.15. The van der Waals surface area contributed by atoms with Gasteiger partial charge in [-0.25, -0.2) is 14.8 Å². The first kappa shape index (κ1) is 18.5. The second-order valence-corrected chi connectivity index (χ2v) is 8.14. The topological polar surface area (TPSA) is 88.3 Å². The van der Waals surface area contributed by atoms with Gasteiger partial charge in [0, 0.05) is 17.7 Å². The minimum absolute atomic E-state index is 0.185. The van der Waals surface area contributed by atoms with E-state index in [4.69, 9.17) is 4.42 Å². The van der Waals surface area contributed by atoms with E-state index in [9.17, 15) is 9.59 Å². The Kier molecular flexibility index (Phi) is 4.80. The minimum atomic E-state index is -0.828. The van der Waals surface area contributed by atoms with Gasteiger partial charge in [-0.1, -0.05) is 18.2 Å². The lowest BCUT2D eigenvalue weighted by Crippen LogP contribution is -2.40. The van der Waals surface area contributed by atoms with Crippen molar-refractivity contribution in [2.24, 2.45) is 0 Å². The molecule has 1 aliphatic heterocycles. The van der Waals surface area contributed by atoms with Crippen LogP contribution in [0.1, 0.15) is 20.3 Å². The van der Waals surface area contributed by atoms with Crippen LogP contribution in [0.2, 0.25) is 0 Å². The van der Waals surface area contributed by atoms with Gasteiger partial charge in [-0.2, -0.15) is 0 Å². The highest BCUT2D eigenvalue weighted by Crippen LogP contribution is 2.29. The number of carbonyl (C=O) groups is 2. The zero-order valence-electron chi connectivity index (χ0n) is 15.6. The van der Waals surface area contributed by atoms with Gasteiger partial charge in [0.1, 0.15) is 10.6 Å². The van der Waals surface area contributed by atoms with Crippen molar-refractivity contribution >= 4 is 34.6 Å². The molecule has 3 amide bonds. The molecule has 0 spiro atoms. The molecule has 1 N–H and O–H groups in total. The number of rotatable bonds is 6. The number of para-hydroxylation sites is 1. The van der Waals surface area contributed by atoms with Crippen molar-refractivity contribution in [2.75, 3.05) is 12.3 Å². The van der Waals surface area contributed by atoms with Crippen molar-refractivity contribution in [1.29, 1.82) is 0 Å². The number of amides is 3.